The van der Waals surface area contributed by atoms with Gasteiger partial charge in [-0.25, -0.2) is 4.98 Å². The minimum absolute atomic E-state index is 0.553. The molecule has 1 aromatic carbocycles. The van der Waals surface area contributed by atoms with Crippen molar-refractivity contribution >= 4 is 54.5 Å². The summed E-state index contributed by atoms with van der Waals surface area (Å²) in [6.07, 6.45) is 1.70. The first-order chi connectivity index (χ1) is 10.6. The topological polar surface area (TPSA) is 55.7 Å². The number of methoxy groups -OCH3 is 1. The van der Waals surface area contributed by atoms with Gasteiger partial charge in [0.15, 0.2) is 11.5 Å². The predicted octanol–water partition coefficient (Wildman–Crippen LogP) is 4.83. The Balaban J connectivity index is 2.26. The second-order valence-corrected chi connectivity index (χ2v) is 6.67. The minimum Gasteiger partial charge on any atom is -0.492 e. The molecule has 2 aromatic rings. The molecule has 0 unspecified atom stereocenters. The number of rotatable bonds is 6. The minimum atomic E-state index is 0.553. The zero-order chi connectivity index (χ0) is 16.1. The maximum absolute atomic E-state index is 5.60. The van der Waals surface area contributed by atoms with Gasteiger partial charge in [-0.05, 0) is 51.8 Å². The summed E-state index contributed by atoms with van der Waals surface area (Å²) in [4.78, 5) is 4.28. The number of ether oxygens (including phenoxy) is 2. The summed E-state index contributed by atoms with van der Waals surface area (Å²) >= 11 is 8.55. The SMILES string of the molecule is CCOc1cc(C=NNc2nc(C)cs2)c(Br)c(Br)c1OC. The molecule has 0 saturated carbocycles. The van der Waals surface area contributed by atoms with Crippen LogP contribution < -0.4 is 14.9 Å². The highest BCUT2D eigenvalue weighted by molar-refractivity contribution is 9.13. The van der Waals surface area contributed by atoms with Crippen LogP contribution in [-0.2, 0) is 0 Å². The van der Waals surface area contributed by atoms with E-state index < -0.39 is 0 Å². The van der Waals surface area contributed by atoms with Gasteiger partial charge in [0, 0.05) is 15.4 Å². The lowest BCUT2D eigenvalue weighted by Gasteiger charge is -2.13. The Labute approximate surface area is 150 Å². The van der Waals surface area contributed by atoms with Gasteiger partial charge >= 0.3 is 0 Å². The number of nitrogens with one attached hydrogen (secondary N) is 1. The first-order valence-electron chi connectivity index (χ1n) is 6.46. The van der Waals surface area contributed by atoms with E-state index in [9.17, 15) is 0 Å². The van der Waals surface area contributed by atoms with Crippen molar-refractivity contribution in [1.29, 1.82) is 0 Å². The fraction of sp³-hybridized carbons (Fsp3) is 0.286. The number of anilines is 1. The van der Waals surface area contributed by atoms with Gasteiger partial charge in [0.25, 0.3) is 0 Å². The van der Waals surface area contributed by atoms with Crippen LogP contribution in [0.5, 0.6) is 11.5 Å². The molecule has 118 valence electrons. The predicted molar refractivity (Wildman–Crippen MR) is 97.6 cm³/mol. The molecule has 22 heavy (non-hydrogen) atoms. The molecule has 1 heterocycles. The Morgan fingerprint density at radius 2 is 2.18 bits per heavy atom. The van der Waals surface area contributed by atoms with Gasteiger partial charge in [-0.3, -0.25) is 5.43 Å². The van der Waals surface area contributed by atoms with Gasteiger partial charge in [0.05, 0.1) is 30.1 Å². The highest BCUT2D eigenvalue weighted by Crippen LogP contribution is 2.42. The number of aromatic nitrogens is 1. The highest BCUT2D eigenvalue weighted by atomic mass is 79.9. The molecule has 0 saturated heterocycles. The van der Waals surface area contributed by atoms with E-state index >= 15 is 0 Å². The van der Waals surface area contributed by atoms with Crippen LogP contribution in [-0.4, -0.2) is 24.9 Å². The second-order valence-electron chi connectivity index (χ2n) is 4.22. The third-order valence-electron chi connectivity index (χ3n) is 2.64. The molecule has 0 fully saturated rings. The van der Waals surface area contributed by atoms with Crippen molar-refractivity contribution in [3.8, 4) is 11.5 Å². The van der Waals surface area contributed by atoms with Crippen molar-refractivity contribution in [3.05, 3.63) is 31.6 Å². The average Bonchev–Trinajstić information content (AvgIpc) is 2.90. The number of hydrazone groups is 1. The maximum Gasteiger partial charge on any atom is 0.203 e. The van der Waals surface area contributed by atoms with Crippen LogP contribution in [0.15, 0.2) is 25.5 Å². The van der Waals surface area contributed by atoms with Crippen molar-refractivity contribution in [2.75, 3.05) is 19.1 Å². The molecular weight excluding hydrogens is 434 g/mol. The van der Waals surface area contributed by atoms with Crippen molar-refractivity contribution in [2.24, 2.45) is 5.10 Å². The molecule has 8 heteroatoms. The Bertz CT molecular complexity index is 689. The number of thiazole rings is 1. The molecule has 0 atom stereocenters. The van der Waals surface area contributed by atoms with Gasteiger partial charge in [0.2, 0.25) is 5.13 Å². The molecular formula is C14H15Br2N3O2S. The van der Waals surface area contributed by atoms with Gasteiger partial charge < -0.3 is 9.47 Å². The summed E-state index contributed by atoms with van der Waals surface area (Å²) in [7, 11) is 1.61. The van der Waals surface area contributed by atoms with Gasteiger partial charge in [-0.15, -0.1) is 11.3 Å². The number of nitrogens with zero attached hydrogens (tertiary/aromatic N) is 2. The lowest BCUT2D eigenvalue weighted by molar-refractivity contribution is 0.309. The lowest BCUT2D eigenvalue weighted by Crippen LogP contribution is -1.99. The monoisotopic (exact) mass is 447 g/mol. The molecule has 0 amide bonds. The molecule has 2 rings (SSSR count). The van der Waals surface area contributed by atoms with Crippen molar-refractivity contribution in [1.82, 2.24) is 4.98 Å². The van der Waals surface area contributed by atoms with Gasteiger partial charge in [0.1, 0.15) is 0 Å². The van der Waals surface area contributed by atoms with Crippen LogP contribution >= 0.6 is 43.2 Å². The quantitative estimate of drug-likeness (QED) is 0.507. The average molecular weight is 449 g/mol. The second kappa shape index (κ2) is 7.94. The van der Waals surface area contributed by atoms with E-state index in [-0.39, 0.29) is 0 Å². The first-order valence-corrected chi connectivity index (χ1v) is 8.93. The standard InChI is InChI=1S/C14H15Br2N3O2S/c1-4-21-10-5-9(11(15)12(16)13(10)20-3)6-17-19-14-18-8(2)7-22-14/h5-7H,4H2,1-3H3,(H,18,19). The summed E-state index contributed by atoms with van der Waals surface area (Å²) in [6, 6.07) is 1.87. The number of hydrogen-bond donors (Lipinski definition) is 1. The van der Waals surface area contributed by atoms with Crippen LogP contribution in [0.3, 0.4) is 0 Å². The van der Waals surface area contributed by atoms with Crippen LogP contribution in [0.25, 0.3) is 0 Å². The molecule has 0 aliphatic carbocycles. The third kappa shape index (κ3) is 3.99. The molecule has 0 spiro atoms. The number of benzene rings is 1. The summed E-state index contributed by atoms with van der Waals surface area (Å²) in [5, 5.41) is 6.93. The van der Waals surface area contributed by atoms with Crippen LogP contribution in [0.4, 0.5) is 5.13 Å². The molecule has 0 bridgehead atoms. The van der Waals surface area contributed by atoms with Crippen molar-refractivity contribution in [2.45, 2.75) is 13.8 Å². The zero-order valence-electron chi connectivity index (χ0n) is 12.3. The Kier molecular flexibility index (Phi) is 6.22. The van der Waals surface area contributed by atoms with E-state index in [2.05, 4.69) is 47.4 Å². The summed E-state index contributed by atoms with van der Waals surface area (Å²) in [5.41, 5.74) is 4.73. The Hall–Kier alpha value is -1.12. The number of halogens is 2. The molecule has 0 aliphatic rings. The zero-order valence-corrected chi connectivity index (χ0v) is 16.3. The normalized spacial score (nSPS) is 11.0. The fourth-order valence-corrected chi connectivity index (χ4v) is 3.33. The first kappa shape index (κ1) is 17.2. The van der Waals surface area contributed by atoms with Gasteiger partial charge in [-0.1, -0.05) is 0 Å². The highest BCUT2D eigenvalue weighted by Gasteiger charge is 2.15. The van der Waals surface area contributed by atoms with Crippen molar-refractivity contribution < 1.29 is 9.47 Å². The van der Waals surface area contributed by atoms with E-state index in [0.717, 1.165) is 25.3 Å². The molecule has 0 radical (unpaired) electrons. The fourth-order valence-electron chi connectivity index (χ4n) is 1.71. The largest absolute Gasteiger partial charge is 0.492 e. The summed E-state index contributed by atoms with van der Waals surface area (Å²) in [5.74, 6) is 1.31. The van der Waals surface area contributed by atoms with Crippen LogP contribution in [0.2, 0.25) is 0 Å². The third-order valence-corrected chi connectivity index (χ3v) is 5.65. The van der Waals surface area contributed by atoms with E-state index in [4.69, 9.17) is 9.47 Å². The molecule has 0 aliphatic heterocycles. The molecule has 1 N–H and O–H groups in total. The number of aryl methyl sites for hydroxylation is 1. The van der Waals surface area contributed by atoms with E-state index in [1.54, 1.807) is 13.3 Å². The molecule has 1 aromatic heterocycles. The summed E-state index contributed by atoms with van der Waals surface area (Å²) in [6.45, 7) is 4.42. The van der Waals surface area contributed by atoms with Crippen molar-refractivity contribution in [3.63, 3.8) is 0 Å². The Morgan fingerprint density at radius 3 is 2.77 bits per heavy atom. The summed E-state index contributed by atoms with van der Waals surface area (Å²) < 4.78 is 12.6. The van der Waals surface area contributed by atoms with E-state index in [0.29, 0.717) is 18.1 Å². The molecule has 5 nitrogen and oxygen atoms in total. The smallest absolute Gasteiger partial charge is 0.203 e. The van der Waals surface area contributed by atoms with E-state index in [1.165, 1.54) is 11.3 Å². The maximum atomic E-state index is 5.60. The lowest BCUT2D eigenvalue weighted by atomic mass is 10.2. The van der Waals surface area contributed by atoms with Crippen LogP contribution in [0.1, 0.15) is 18.2 Å². The van der Waals surface area contributed by atoms with Crippen LogP contribution in [0, 0.1) is 6.92 Å². The van der Waals surface area contributed by atoms with E-state index in [1.807, 2.05) is 25.3 Å². The van der Waals surface area contributed by atoms with Gasteiger partial charge in [-0.2, -0.15) is 5.10 Å². The number of hydrogen-bond acceptors (Lipinski definition) is 6. The Morgan fingerprint density at radius 1 is 1.41 bits per heavy atom.